The second kappa shape index (κ2) is 9.44. The van der Waals surface area contributed by atoms with Crippen molar-refractivity contribution in [3.05, 3.63) is 51.9 Å². The lowest BCUT2D eigenvalue weighted by atomic mass is 9.87. The van der Waals surface area contributed by atoms with E-state index in [0.29, 0.717) is 31.9 Å². The maximum atomic E-state index is 13.0. The molecule has 1 aliphatic carbocycles. The van der Waals surface area contributed by atoms with Crippen molar-refractivity contribution in [2.75, 3.05) is 18.4 Å². The highest BCUT2D eigenvalue weighted by atomic mass is 35.5. The minimum Gasteiger partial charge on any atom is -0.369 e. The molecule has 6 nitrogen and oxygen atoms in total. The van der Waals surface area contributed by atoms with Crippen LogP contribution < -0.4 is 5.32 Å². The van der Waals surface area contributed by atoms with Crippen LogP contribution in [0.25, 0.3) is 0 Å². The number of nitriles is 1. The molecule has 0 saturated heterocycles. The predicted molar refractivity (Wildman–Crippen MR) is 116 cm³/mol. The third-order valence-electron chi connectivity index (χ3n) is 6.07. The average molecular weight is 424 g/mol. The van der Waals surface area contributed by atoms with Crippen LogP contribution in [-0.2, 0) is 24.2 Å². The highest BCUT2D eigenvalue weighted by Crippen LogP contribution is 2.29. The molecule has 0 atom stereocenters. The Morgan fingerprint density at radius 1 is 1.23 bits per heavy atom. The second-order valence-electron chi connectivity index (χ2n) is 8.05. The first kappa shape index (κ1) is 20.6. The Kier molecular flexibility index (Phi) is 6.49. The molecular formula is C23H26ClN5O. The van der Waals surface area contributed by atoms with Gasteiger partial charge >= 0.3 is 0 Å². The molecule has 0 unspecified atom stereocenters. The summed E-state index contributed by atoms with van der Waals surface area (Å²) in [7, 11) is 0. The van der Waals surface area contributed by atoms with Crippen LogP contribution in [0.1, 0.15) is 54.7 Å². The number of hydrogen-bond donors (Lipinski definition) is 1. The number of halogens is 1. The Balaban J connectivity index is 1.49. The lowest BCUT2D eigenvalue weighted by Crippen LogP contribution is -2.41. The Bertz CT molecular complexity index is 965. The number of aromatic nitrogens is 2. The molecule has 156 valence electrons. The van der Waals surface area contributed by atoms with E-state index in [0.717, 1.165) is 53.9 Å². The van der Waals surface area contributed by atoms with Gasteiger partial charge in [0.25, 0.3) is 0 Å². The molecule has 7 heteroatoms. The number of fused-ring (bicyclic) bond motifs is 1. The van der Waals surface area contributed by atoms with Crippen LogP contribution in [0.5, 0.6) is 0 Å². The third kappa shape index (κ3) is 4.57. The molecule has 1 aliphatic heterocycles. The quantitative estimate of drug-likeness (QED) is 0.782. The van der Waals surface area contributed by atoms with Gasteiger partial charge in [0.15, 0.2) is 0 Å². The number of nitrogens with zero attached hydrogens (tertiary/aromatic N) is 4. The molecule has 1 fully saturated rings. The Morgan fingerprint density at radius 2 is 2.03 bits per heavy atom. The predicted octanol–water partition coefficient (Wildman–Crippen LogP) is 4.12. The van der Waals surface area contributed by atoms with E-state index in [1.807, 2.05) is 29.2 Å². The van der Waals surface area contributed by atoms with Crippen LogP contribution in [0.4, 0.5) is 5.82 Å². The van der Waals surface area contributed by atoms with Gasteiger partial charge < -0.3 is 10.2 Å². The van der Waals surface area contributed by atoms with Gasteiger partial charge in [-0.2, -0.15) is 5.26 Å². The van der Waals surface area contributed by atoms with Crippen molar-refractivity contribution >= 4 is 23.3 Å². The number of anilines is 1. The van der Waals surface area contributed by atoms with Gasteiger partial charge in [0, 0.05) is 36.0 Å². The number of amides is 1. The van der Waals surface area contributed by atoms with Crippen LogP contribution in [0.3, 0.4) is 0 Å². The van der Waals surface area contributed by atoms with Crippen molar-refractivity contribution in [3.63, 3.8) is 0 Å². The van der Waals surface area contributed by atoms with E-state index in [4.69, 9.17) is 11.6 Å². The largest absolute Gasteiger partial charge is 0.369 e. The first-order chi connectivity index (χ1) is 14.7. The minimum absolute atomic E-state index is 0.149. The zero-order chi connectivity index (χ0) is 20.9. The topological polar surface area (TPSA) is 81.9 Å². The van der Waals surface area contributed by atoms with E-state index < -0.39 is 0 Å². The van der Waals surface area contributed by atoms with Crippen LogP contribution >= 0.6 is 11.6 Å². The molecule has 4 rings (SSSR count). The maximum absolute atomic E-state index is 13.0. The molecule has 1 saturated carbocycles. The summed E-state index contributed by atoms with van der Waals surface area (Å²) in [6.07, 6.45) is 6.91. The lowest BCUT2D eigenvalue weighted by molar-refractivity contribution is -0.137. The van der Waals surface area contributed by atoms with Gasteiger partial charge in [-0.1, -0.05) is 49.1 Å². The third-order valence-corrected chi connectivity index (χ3v) is 6.44. The number of nitrogens with one attached hydrogen (secondary N) is 1. The molecule has 2 aliphatic rings. The van der Waals surface area contributed by atoms with Crippen molar-refractivity contribution in [1.29, 1.82) is 5.26 Å². The van der Waals surface area contributed by atoms with E-state index >= 15 is 0 Å². The van der Waals surface area contributed by atoms with Gasteiger partial charge in [-0.3, -0.25) is 4.79 Å². The molecular weight excluding hydrogens is 398 g/mol. The first-order valence-corrected chi connectivity index (χ1v) is 11.1. The molecule has 1 aromatic heterocycles. The van der Waals surface area contributed by atoms with Gasteiger partial charge in [0.1, 0.15) is 11.9 Å². The van der Waals surface area contributed by atoms with Crippen molar-refractivity contribution < 1.29 is 4.79 Å². The van der Waals surface area contributed by atoms with Gasteiger partial charge in [-0.25, -0.2) is 9.97 Å². The fourth-order valence-corrected chi connectivity index (χ4v) is 4.65. The Hall–Kier alpha value is -2.65. The van der Waals surface area contributed by atoms with Gasteiger partial charge in [-0.05, 0) is 30.9 Å². The molecule has 2 aromatic rings. The highest BCUT2D eigenvalue weighted by molar-refractivity contribution is 6.31. The summed E-state index contributed by atoms with van der Waals surface area (Å²) in [5.41, 5.74) is 2.86. The summed E-state index contributed by atoms with van der Waals surface area (Å²) >= 11 is 6.26. The van der Waals surface area contributed by atoms with Crippen molar-refractivity contribution in [2.45, 2.75) is 51.5 Å². The summed E-state index contributed by atoms with van der Waals surface area (Å²) in [6.45, 7) is 1.79. The Labute approximate surface area is 182 Å². The monoisotopic (exact) mass is 423 g/mol. The van der Waals surface area contributed by atoms with E-state index in [1.165, 1.54) is 6.42 Å². The fourth-order valence-electron chi connectivity index (χ4n) is 4.42. The van der Waals surface area contributed by atoms with E-state index in [2.05, 4.69) is 21.4 Å². The molecule has 0 radical (unpaired) electrons. The molecule has 30 heavy (non-hydrogen) atoms. The summed E-state index contributed by atoms with van der Waals surface area (Å²) in [5.74, 6) is 1.23. The SMILES string of the molecule is N#Cc1nc2c(c(NCCc3ccccc3Cl)n1)CN(C(=O)C1CCCCC1)CC2. The molecule has 2 heterocycles. The maximum Gasteiger partial charge on any atom is 0.234 e. The minimum atomic E-state index is 0.149. The van der Waals surface area contributed by atoms with Crippen LogP contribution in [-0.4, -0.2) is 33.9 Å². The van der Waals surface area contributed by atoms with E-state index in [9.17, 15) is 10.1 Å². The molecule has 0 spiro atoms. The van der Waals surface area contributed by atoms with Gasteiger partial charge in [0.2, 0.25) is 11.7 Å². The highest BCUT2D eigenvalue weighted by Gasteiger charge is 2.30. The summed E-state index contributed by atoms with van der Waals surface area (Å²) in [5, 5.41) is 13.4. The fraction of sp³-hybridized carbons (Fsp3) is 0.478. The number of rotatable bonds is 5. The number of carbonyl (C=O) groups is 1. The van der Waals surface area contributed by atoms with Crippen molar-refractivity contribution in [2.24, 2.45) is 5.92 Å². The number of hydrogen-bond acceptors (Lipinski definition) is 5. The number of carbonyl (C=O) groups excluding carboxylic acids is 1. The van der Waals surface area contributed by atoms with Crippen molar-refractivity contribution in [1.82, 2.24) is 14.9 Å². The van der Waals surface area contributed by atoms with Crippen LogP contribution in [0.2, 0.25) is 5.02 Å². The van der Waals surface area contributed by atoms with E-state index in [1.54, 1.807) is 0 Å². The zero-order valence-corrected chi connectivity index (χ0v) is 17.8. The smallest absolute Gasteiger partial charge is 0.234 e. The van der Waals surface area contributed by atoms with Gasteiger partial charge in [0.05, 0.1) is 12.2 Å². The summed E-state index contributed by atoms with van der Waals surface area (Å²) in [6, 6.07) is 9.82. The Morgan fingerprint density at radius 3 is 2.80 bits per heavy atom. The van der Waals surface area contributed by atoms with Crippen LogP contribution in [0, 0.1) is 17.2 Å². The standard InChI is InChI=1S/C23H26ClN5O/c24-19-9-5-4-6-16(19)10-12-26-22-18-15-29(23(30)17-7-2-1-3-8-17)13-11-20(18)27-21(14-25)28-22/h4-6,9,17H,1-3,7-8,10-13,15H2,(H,26,27,28). The molecule has 1 aromatic carbocycles. The van der Waals surface area contributed by atoms with Gasteiger partial charge in [-0.15, -0.1) is 0 Å². The molecule has 1 amide bonds. The zero-order valence-electron chi connectivity index (χ0n) is 17.0. The summed E-state index contributed by atoms with van der Waals surface area (Å²) in [4.78, 5) is 23.8. The van der Waals surface area contributed by atoms with E-state index in [-0.39, 0.29) is 17.6 Å². The summed E-state index contributed by atoms with van der Waals surface area (Å²) < 4.78 is 0. The number of benzene rings is 1. The van der Waals surface area contributed by atoms with Crippen molar-refractivity contribution in [3.8, 4) is 6.07 Å². The normalized spacial score (nSPS) is 16.6. The lowest BCUT2D eigenvalue weighted by Gasteiger charge is -2.33. The second-order valence-corrected chi connectivity index (χ2v) is 8.45. The van der Waals surface area contributed by atoms with Crippen LogP contribution in [0.15, 0.2) is 24.3 Å². The molecule has 1 N–H and O–H groups in total. The first-order valence-electron chi connectivity index (χ1n) is 10.7. The average Bonchev–Trinajstić information content (AvgIpc) is 2.80. The molecule has 0 bridgehead atoms.